The van der Waals surface area contributed by atoms with Gasteiger partial charge < -0.3 is 19.5 Å². The minimum absolute atomic E-state index is 0.0660. The van der Waals surface area contributed by atoms with Gasteiger partial charge in [-0.25, -0.2) is 0 Å². The van der Waals surface area contributed by atoms with Crippen LogP contribution < -0.4 is 0 Å². The van der Waals surface area contributed by atoms with E-state index in [2.05, 4.69) is 18.9 Å². The predicted octanol–water partition coefficient (Wildman–Crippen LogP) is 3.43. The smallest absolute Gasteiger partial charge is 0.163 e. The van der Waals surface area contributed by atoms with E-state index in [1.165, 1.54) is 51.5 Å². The molecule has 0 aromatic rings. The van der Waals surface area contributed by atoms with E-state index < -0.39 is 11.4 Å². The van der Waals surface area contributed by atoms with Crippen molar-refractivity contribution in [2.45, 2.75) is 89.3 Å². The zero-order valence-electron chi connectivity index (χ0n) is 18.0. The summed E-state index contributed by atoms with van der Waals surface area (Å²) in [4.78, 5) is 2.75. The Morgan fingerprint density at radius 1 is 1.00 bits per heavy atom. The lowest BCUT2D eigenvalue weighted by Gasteiger charge is -2.69. The highest BCUT2D eigenvalue weighted by Crippen LogP contribution is 2.84. The Balaban J connectivity index is 1.39. The summed E-state index contributed by atoms with van der Waals surface area (Å²) in [6.07, 6.45) is 8.91. The van der Waals surface area contributed by atoms with E-state index >= 15 is 0 Å². The molecular weight excluding hydrogens is 350 g/mol. The number of rotatable bonds is 0. The van der Waals surface area contributed by atoms with Crippen molar-refractivity contribution in [3.63, 3.8) is 0 Å². The molecular formula is C24H37NO3. The quantitative estimate of drug-likeness (QED) is 0.692. The van der Waals surface area contributed by atoms with E-state index in [9.17, 15) is 5.11 Å². The summed E-state index contributed by atoms with van der Waals surface area (Å²) in [7, 11) is 2.40. The lowest BCUT2D eigenvalue weighted by atomic mass is 9.38. The molecule has 0 aromatic carbocycles. The van der Waals surface area contributed by atoms with Crippen LogP contribution in [0.5, 0.6) is 0 Å². The maximum Gasteiger partial charge on any atom is 0.163 e. The maximum atomic E-state index is 12.1. The van der Waals surface area contributed by atoms with Gasteiger partial charge in [0.25, 0.3) is 0 Å². The first-order chi connectivity index (χ1) is 13.2. The molecule has 7 bridgehead atoms. The first-order valence-electron chi connectivity index (χ1n) is 11.9. The van der Waals surface area contributed by atoms with Gasteiger partial charge in [0, 0.05) is 18.0 Å². The Kier molecular flexibility index (Phi) is 2.93. The van der Waals surface area contributed by atoms with Gasteiger partial charge in [0.15, 0.2) is 5.79 Å². The van der Waals surface area contributed by atoms with Gasteiger partial charge in [-0.15, -0.1) is 0 Å². The van der Waals surface area contributed by atoms with Crippen LogP contribution in [-0.4, -0.2) is 53.7 Å². The van der Waals surface area contributed by atoms with Gasteiger partial charge in [0.2, 0.25) is 0 Å². The Hall–Kier alpha value is -0.160. The molecule has 2 saturated heterocycles. The van der Waals surface area contributed by atoms with E-state index in [0.717, 1.165) is 5.92 Å². The summed E-state index contributed by atoms with van der Waals surface area (Å²) in [6.45, 7) is 8.49. The number of aliphatic hydroxyl groups is 1. The molecule has 2 aliphatic heterocycles. The summed E-state index contributed by atoms with van der Waals surface area (Å²) < 4.78 is 12.7. The van der Waals surface area contributed by atoms with Crippen LogP contribution in [-0.2, 0) is 9.47 Å². The second kappa shape index (κ2) is 4.69. The van der Waals surface area contributed by atoms with Crippen LogP contribution in [0.25, 0.3) is 0 Å². The normalized spacial score (nSPS) is 65.9. The van der Waals surface area contributed by atoms with Crippen LogP contribution in [0.1, 0.15) is 65.7 Å². The van der Waals surface area contributed by atoms with Gasteiger partial charge in [-0.2, -0.15) is 0 Å². The Morgan fingerprint density at radius 3 is 2.57 bits per heavy atom. The molecule has 0 radical (unpaired) electrons. The van der Waals surface area contributed by atoms with Crippen molar-refractivity contribution in [3.05, 3.63) is 0 Å². The van der Waals surface area contributed by atoms with Crippen LogP contribution in [0, 0.1) is 39.9 Å². The fourth-order valence-electron chi connectivity index (χ4n) is 11.3. The number of hydrogen-bond acceptors (Lipinski definition) is 4. The maximum absolute atomic E-state index is 12.1. The third-order valence-corrected chi connectivity index (χ3v) is 11.5. The first-order valence-corrected chi connectivity index (χ1v) is 11.9. The molecule has 28 heavy (non-hydrogen) atoms. The summed E-state index contributed by atoms with van der Waals surface area (Å²) in [5.74, 6) is 2.13. The summed E-state index contributed by atoms with van der Waals surface area (Å²) in [5, 5.41) is 12.1. The van der Waals surface area contributed by atoms with Crippen LogP contribution in [0.2, 0.25) is 0 Å². The van der Waals surface area contributed by atoms with Gasteiger partial charge >= 0.3 is 0 Å². The van der Waals surface area contributed by atoms with Crippen LogP contribution >= 0.6 is 0 Å². The molecule has 8 fully saturated rings. The largest absolute Gasteiger partial charge is 0.389 e. The van der Waals surface area contributed by atoms with Crippen LogP contribution in [0.3, 0.4) is 0 Å². The van der Waals surface area contributed by atoms with Crippen molar-refractivity contribution in [1.82, 2.24) is 4.90 Å². The van der Waals surface area contributed by atoms with Crippen LogP contribution in [0.15, 0.2) is 0 Å². The molecule has 1 N–H and O–H groups in total. The Bertz CT molecular complexity index is 754. The van der Waals surface area contributed by atoms with Gasteiger partial charge in [-0.05, 0) is 93.9 Å². The third-order valence-electron chi connectivity index (χ3n) is 11.5. The lowest BCUT2D eigenvalue weighted by Crippen LogP contribution is -2.72. The number of nitrogens with zero attached hydrogens (tertiary/aromatic N) is 1. The molecule has 6 saturated carbocycles. The molecule has 3 spiro atoms. The minimum atomic E-state index is -0.559. The summed E-state index contributed by atoms with van der Waals surface area (Å²) in [5.41, 5.74) is 0.565. The third kappa shape index (κ3) is 1.54. The van der Waals surface area contributed by atoms with Crippen LogP contribution in [0.4, 0.5) is 0 Å². The summed E-state index contributed by atoms with van der Waals surface area (Å²) >= 11 is 0. The number of ether oxygens (including phenoxy) is 2. The molecule has 8 rings (SSSR count). The molecule has 4 heteroatoms. The number of aliphatic hydroxyl groups excluding tert-OH is 1. The molecule has 10 atom stereocenters. The van der Waals surface area contributed by atoms with Crippen molar-refractivity contribution in [1.29, 1.82) is 0 Å². The number of fused-ring (bicyclic) bond motifs is 1. The second-order valence-electron chi connectivity index (χ2n) is 12.7. The molecule has 3 unspecified atom stereocenters. The fourth-order valence-corrected chi connectivity index (χ4v) is 11.3. The zero-order valence-corrected chi connectivity index (χ0v) is 18.0. The highest BCUT2D eigenvalue weighted by Gasteiger charge is 2.85. The molecule has 0 aromatic heterocycles. The average molecular weight is 388 g/mol. The SMILES string of the molecule is CN1C[C@]2(C)CCC[C@@]34C2CC([C@@H]13)[C@@]12CC[C@@H](CC41)[C@@]1(COC(C)(C)O1)[C@H]2O. The first kappa shape index (κ1) is 17.5. The molecule has 4 nitrogen and oxygen atoms in total. The number of hydrogen-bond donors (Lipinski definition) is 1. The molecule has 0 amide bonds. The molecule has 2 heterocycles. The Labute approximate surface area is 169 Å². The molecule has 6 aliphatic carbocycles. The zero-order chi connectivity index (χ0) is 19.3. The molecule has 8 aliphatic rings. The Morgan fingerprint density at radius 2 is 1.82 bits per heavy atom. The average Bonchev–Trinajstić information content (AvgIpc) is 3.20. The topological polar surface area (TPSA) is 41.9 Å². The number of likely N-dealkylation sites (tertiary alicyclic amines) is 1. The van der Waals surface area contributed by atoms with E-state index in [0.29, 0.717) is 41.2 Å². The van der Waals surface area contributed by atoms with Gasteiger partial charge in [0.1, 0.15) is 5.60 Å². The lowest BCUT2D eigenvalue weighted by molar-refractivity contribution is -0.295. The highest BCUT2D eigenvalue weighted by molar-refractivity contribution is 5.34. The van der Waals surface area contributed by atoms with E-state index in [1.807, 2.05) is 13.8 Å². The van der Waals surface area contributed by atoms with E-state index in [-0.39, 0.29) is 11.5 Å². The summed E-state index contributed by atoms with van der Waals surface area (Å²) in [6, 6.07) is 0.690. The second-order valence-corrected chi connectivity index (χ2v) is 12.7. The fraction of sp³-hybridized carbons (Fsp3) is 1.00. The van der Waals surface area contributed by atoms with Gasteiger partial charge in [-0.3, -0.25) is 0 Å². The monoisotopic (exact) mass is 387 g/mol. The highest BCUT2D eigenvalue weighted by atomic mass is 16.8. The van der Waals surface area contributed by atoms with Crippen molar-refractivity contribution in [2.75, 3.05) is 20.2 Å². The van der Waals surface area contributed by atoms with Gasteiger partial charge in [0.05, 0.1) is 12.7 Å². The molecule has 156 valence electrons. The predicted molar refractivity (Wildman–Crippen MR) is 106 cm³/mol. The van der Waals surface area contributed by atoms with Crippen molar-refractivity contribution in [2.24, 2.45) is 39.9 Å². The minimum Gasteiger partial charge on any atom is -0.389 e. The number of piperidine rings is 1. The van der Waals surface area contributed by atoms with Crippen molar-refractivity contribution < 1.29 is 14.6 Å². The van der Waals surface area contributed by atoms with Gasteiger partial charge in [-0.1, -0.05) is 13.3 Å². The van der Waals surface area contributed by atoms with Crippen molar-refractivity contribution in [3.8, 4) is 0 Å². The van der Waals surface area contributed by atoms with E-state index in [4.69, 9.17) is 9.47 Å². The standard InChI is InChI=1S/C24H37NO3/c1-20(2)27-13-24(28-20)14-6-9-22(19(24)26)15-11-16-21(3)7-5-8-23(16,17(22)10-14)18(15)25(4)12-21/h14-19,26H,5-13H2,1-4H3/t14-,15?,16?,17?,18+,19-,21-,22-,23-,24-/m0/s1. The van der Waals surface area contributed by atoms with Crippen molar-refractivity contribution >= 4 is 0 Å². The van der Waals surface area contributed by atoms with E-state index in [1.54, 1.807) is 0 Å².